The van der Waals surface area contributed by atoms with Gasteiger partial charge in [-0.15, -0.1) is 0 Å². The van der Waals surface area contributed by atoms with Crippen molar-refractivity contribution < 1.29 is 23.0 Å². The second-order valence-corrected chi connectivity index (χ2v) is 9.60. The van der Waals surface area contributed by atoms with Gasteiger partial charge in [0.25, 0.3) is 10.9 Å². The Bertz CT molecular complexity index is 1180. The molecule has 1 atom stereocenters. The number of piperazine rings is 1. The minimum absolute atomic E-state index is 0.0722. The van der Waals surface area contributed by atoms with E-state index in [1.165, 1.54) is 16.4 Å². The Hall–Kier alpha value is -2.18. The molecule has 4 rings (SSSR count). The fourth-order valence-electron chi connectivity index (χ4n) is 3.86. The van der Waals surface area contributed by atoms with Crippen molar-refractivity contribution in [1.29, 1.82) is 0 Å². The van der Waals surface area contributed by atoms with Crippen molar-refractivity contribution in [2.75, 3.05) is 51.3 Å². The average molecular weight is 472 g/mol. The van der Waals surface area contributed by atoms with Crippen LogP contribution in [-0.4, -0.2) is 74.8 Å². The number of benzene rings is 1. The summed E-state index contributed by atoms with van der Waals surface area (Å²) in [6.45, 7) is 4.62. The van der Waals surface area contributed by atoms with Gasteiger partial charge in [-0.3, -0.25) is 14.5 Å². The second kappa shape index (κ2) is 8.40. The molecule has 31 heavy (non-hydrogen) atoms. The highest BCUT2D eigenvalue weighted by molar-refractivity contribution is 7.89. The van der Waals surface area contributed by atoms with Crippen molar-refractivity contribution >= 4 is 33.0 Å². The van der Waals surface area contributed by atoms with Crippen LogP contribution in [0.25, 0.3) is 0 Å². The maximum absolute atomic E-state index is 13.3. The summed E-state index contributed by atoms with van der Waals surface area (Å²) in [5, 5.41) is 13.2. The lowest BCUT2D eigenvalue weighted by Crippen LogP contribution is -2.59. The van der Waals surface area contributed by atoms with E-state index in [0.29, 0.717) is 19.8 Å². The van der Waals surface area contributed by atoms with Gasteiger partial charge in [-0.05, 0) is 19.1 Å². The number of halogens is 1. The number of fused-ring (bicyclic) bond motifs is 1. The van der Waals surface area contributed by atoms with Crippen LogP contribution >= 0.6 is 11.6 Å². The molecule has 2 aromatic rings. The molecule has 168 valence electrons. The summed E-state index contributed by atoms with van der Waals surface area (Å²) in [6.07, 6.45) is 0. The molecule has 0 saturated carbocycles. The zero-order chi connectivity index (χ0) is 22.3. The van der Waals surface area contributed by atoms with Crippen LogP contribution in [-0.2, 0) is 14.8 Å². The molecule has 0 unspecified atom stereocenters. The first-order valence-corrected chi connectivity index (χ1v) is 11.6. The Kier molecular flexibility index (Phi) is 5.97. The van der Waals surface area contributed by atoms with E-state index in [0.717, 1.165) is 6.54 Å². The number of hydrogen-bond donors (Lipinski definition) is 2. The molecule has 0 aliphatic carbocycles. The summed E-state index contributed by atoms with van der Waals surface area (Å²) in [7, 11) is -4.14. The number of phenolic OH excluding ortho intramolecular Hbond substituents is 1. The van der Waals surface area contributed by atoms with Crippen LogP contribution in [0.2, 0.25) is 5.02 Å². The van der Waals surface area contributed by atoms with Gasteiger partial charge in [0, 0.05) is 32.2 Å². The molecule has 0 bridgehead atoms. The van der Waals surface area contributed by atoms with Gasteiger partial charge < -0.3 is 19.9 Å². The maximum Gasteiger partial charge on any atom is 0.272 e. The fraction of sp³-hybridized carbons (Fsp3) is 0.474. The van der Waals surface area contributed by atoms with Crippen molar-refractivity contribution in [3.63, 3.8) is 0 Å². The van der Waals surface area contributed by atoms with Crippen molar-refractivity contribution in [3.05, 3.63) is 37.6 Å². The number of aromatic hydroxyl groups is 1. The number of hydrogen-bond acceptors (Lipinski definition) is 9. The smallest absolute Gasteiger partial charge is 0.272 e. The van der Waals surface area contributed by atoms with E-state index < -0.39 is 31.5 Å². The van der Waals surface area contributed by atoms with Crippen LogP contribution < -0.4 is 20.9 Å². The van der Waals surface area contributed by atoms with Gasteiger partial charge in [0.15, 0.2) is 11.5 Å². The van der Waals surface area contributed by atoms with Gasteiger partial charge in [-0.25, -0.2) is 8.42 Å². The summed E-state index contributed by atoms with van der Waals surface area (Å²) < 4.78 is 38.6. The first-order valence-electron chi connectivity index (χ1n) is 9.82. The van der Waals surface area contributed by atoms with Gasteiger partial charge in [0.1, 0.15) is 10.6 Å². The highest BCUT2D eigenvalue weighted by Crippen LogP contribution is 2.40. The van der Waals surface area contributed by atoms with E-state index in [-0.39, 0.29) is 47.9 Å². The van der Waals surface area contributed by atoms with Crippen molar-refractivity contribution in [2.24, 2.45) is 0 Å². The van der Waals surface area contributed by atoms with E-state index in [1.54, 1.807) is 6.92 Å². The molecule has 0 amide bonds. The largest absolute Gasteiger partial charge is 0.504 e. The lowest BCUT2D eigenvalue weighted by molar-refractivity contribution is -0.0304. The third-order valence-electron chi connectivity index (χ3n) is 5.50. The lowest BCUT2D eigenvalue weighted by atomic mass is 10.2. The molecule has 2 N–H and O–H groups in total. The van der Waals surface area contributed by atoms with Crippen molar-refractivity contribution in [3.8, 4) is 11.5 Å². The first kappa shape index (κ1) is 22.0. The molecule has 0 radical (unpaired) electrons. The van der Waals surface area contributed by atoms with Crippen LogP contribution in [0.1, 0.15) is 6.92 Å². The molecule has 2 saturated heterocycles. The topological polar surface area (TPSA) is 125 Å². The number of nitrogens with one attached hydrogen (secondary N) is 1. The van der Waals surface area contributed by atoms with Crippen molar-refractivity contribution in [1.82, 2.24) is 9.21 Å². The van der Waals surface area contributed by atoms with Crippen molar-refractivity contribution in [2.45, 2.75) is 17.9 Å². The Morgan fingerprint density at radius 3 is 2.77 bits per heavy atom. The number of ether oxygens (including phenoxy) is 2. The van der Waals surface area contributed by atoms with Gasteiger partial charge >= 0.3 is 0 Å². The molecular weight excluding hydrogens is 450 g/mol. The predicted molar refractivity (Wildman–Crippen MR) is 114 cm³/mol. The standard InChI is InChI=1S/C19H22ClN3O7S/c1-2-30-18-14(16(25)17(18)26)21-13-4-3-12(20)19(15(13)24)31(27,28)23-6-5-22-7-8-29-10-11(22)9-23/h3-4,11,21,24H,2,5-10H2,1H3/t11-/m0/s1. The first-order chi connectivity index (χ1) is 14.8. The van der Waals surface area contributed by atoms with Crippen LogP contribution in [0.5, 0.6) is 11.5 Å². The number of morpholine rings is 1. The SMILES string of the molecule is CCOc1c(Nc2ccc(Cl)c(S(=O)(=O)N3CCN4CCOC[C@@H]4C3)c2O)c(=O)c1=O. The summed E-state index contributed by atoms with van der Waals surface area (Å²) in [6, 6.07) is 2.57. The normalized spacial score (nSPS) is 20.5. The molecule has 10 nitrogen and oxygen atoms in total. The van der Waals surface area contributed by atoms with E-state index in [9.17, 15) is 23.1 Å². The number of rotatable bonds is 6. The van der Waals surface area contributed by atoms with Crippen LogP contribution in [0, 0.1) is 0 Å². The Morgan fingerprint density at radius 1 is 1.26 bits per heavy atom. The van der Waals surface area contributed by atoms with E-state index in [1.807, 2.05) is 0 Å². The van der Waals surface area contributed by atoms with Gasteiger partial charge in [0.2, 0.25) is 10.0 Å². The Balaban J connectivity index is 1.65. The monoisotopic (exact) mass is 471 g/mol. The number of sulfonamides is 1. The highest BCUT2D eigenvalue weighted by Gasteiger charge is 2.38. The molecular formula is C19H22ClN3O7S. The number of anilines is 2. The third kappa shape index (κ3) is 3.80. The van der Waals surface area contributed by atoms with Gasteiger partial charge in [-0.2, -0.15) is 4.31 Å². The Morgan fingerprint density at radius 2 is 2.03 bits per heavy atom. The van der Waals surface area contributed by atoms with Crippen LogP contribution in [0.15, 0.2) is 26.6 Å². The van der Waals surface area contributed by atoms with E-state index in [4.69, 9.17) is 21.1 Å². The molecule has 2 heterocycles. The molecule has 2 aliphatic rings. The third-order valence-corrected chi connectivity index (χ3v) is 7.86. The van der Waals surface area contributed by atoms with Gasteiger partial charge in [-0.1, -0.05) is 11.6 Å². The minimum Gasteiger partial charge on any atom is -0.504 e. The Labute approximate surface area is 183 Å². The lowest BCUT2D eigenvalue weighted by Gasteiger charge is -2.43. The van der Waals surface area contributed by atoms with E-state index >= 15 is 0 Å². The van der Waals surface area contributed by atoms with Crippen LogP contribution in [0.4, 0.5) is 11.4 Å². The number of phenols is 1. The summed E-state index contributed by atoms with van der Waals surface area (Å²) >= 11 is 6.17. The zero-order valence-electron chi connectivity index (χ0n) is 16.8. The summed E-state index contributed by atoms with van der Waals surface area (Å²) in [5.74, 6) is -0.787. The summed E-state index contributed by atoms with van der Waals surface area (Å²) in [5.41, 5.74) is -1.80. The van der Waals surface area contributed by atoms with E-state index in [2.05, 4.69) is 10.2 Å². The molecule has 0 spiro atoms. The highest BCUT2D eigenvalue weighted by atomic mass is 35.5. The fourth-order valence-corrected chi connectivity index (χ4v) is 5.92. The molecule has 12 heteroatoms. The molecule has 0 aromatic heterocycles. The molecule has 2 aliphatic heterocycles. The van der Waals surface area contributed by atoms with Crippen LogP contribution in [0.3, 0.4) is 0 Å². The predicted octanol–water partition coefficient (Wildman–Crippen LogP) is 0.489. The average Bonchev–Trinajstić information content (AvgIpc) is 2.76. The zero-order valence-corrected chi connectivity index (χ0v) is 18.3. The molecule has 2 fully saturated rings. The minimum atomic E-state index is -4.14. The second-order valence-electron chi connectivity index (χ2n) is 7.32. The quantitative estimate of drug-likeness (QED) is 0.457. The number of nitrogens with zero attached hydrogens (tertiary/aromatic N) is 2. The maximum atomic E-state index is 13.3. The molecule has 2 aromatic carbocycles. The summed E-state index contributed by atoms with van der Waals surface area (Å²) in [4.78, 5) is 25.3. The van der Waals surface area contributed by atoms with Gasteiger partial charge in [0.05, 0.1) is 30.5 Å².